The van der Waals surface area contributed by atoms with Crippen molar-refractivity contribution in [1.82, 2.24) is 5.32 Å². The summed E-state index contributed by atoms with van der Waals surface area (Å²) in [6.07, 6.45) is 8.42. The lowest BCUT2D eigenvalue weighted by Crippen LogP contribution is -2.40. The molecule has 19 heavy (non-hydrogen) atoms. The SMILES string of the molecule is CCCCC(CC1(CCC)OCCO1)NC=O.CS. The van der Waals surface area contributed by atoms with Crippen LogP contribution in [-0.4, -0.2) is 37.7 Å². The number of hydrogen-bond acceptors (Lipinski definition) is 4. The molecule has 0 aromatic carbocycles. The van der Waals surface area contributed by atoms with Gasteiger partial charge in [0.2, 0.25) is 6.41 Å². The van der Waals surface area contributed by atoms with Crippen LogP contribution in [0.5, 0.6) is 0 Å². The first-order chi connectivity index (χ1) is 9.26. The monoisotopic (exact) mass is 291 g/mol. The largest absolute Gasteiger partial charge is 0.356 e. The molecule has 1 rings (SSSR count). The van der Waals surface area contributed by atoms with E-state index in [4.69, 9.17) is 9.47 Å². The Morgan fingerprint density at radius 1 is 1.26 bits per heavy atom. The molecule has 1 unspecified atom stereocenters. The van der Waals surface area contributed by atoms with E-state index in [0.717, 1.165) is 44.9 Å². The Kier molecular flexibility index (Phi) is 11.4. The van der Waals surface area contributed by atoms with Gasteiger partial charge in [-0.1, -0.05) is 33.1 Å². The second-order valence-corrected chi connectivity index (χ2v) is 4.69. The Morgan fingerprint density at radius 3 is 2.37 bits per heavy atom. The average molecular weight is 291 g/mol. The maximum absolute atomic E-state index is 10.6. The van der Waals surface area contributed by atoms with Crippen molar-refractivity contribution in [2.75, 3.05) is 19.5 Å². The van der Waals surface area contributed by atoms with Gasteiger partial charge in [-0.25, -0.2) is 0 Å². The van der Waals surface area contributed by atoms with Crippen molar-refractivity contribution in [2.24, 2.45) is 0 Å². The van der Waals surface area contributed by atoms with Crippen molar-refractivity contribution in [3.05, 3.63) is 0 Å². The van der Waals surface area contributed by atoms with Gasteiger partial charge < -0.3 is 14.8 Å². The normalized spacial score (nSPS) is 18.3. The van der Waals surface area contributed by atoms with Crippen molar-refractivity contribution in [2.45, 2.75) is 64.2 Å². The van der Waals surface area contributed by atoms with Crippen molar-refractivity contribution in [1.29, 1.82) is 0 Å². The Balaban J connectivity index is 0.00000154. The van der Waals surface area contributed by atoms with Gasteiger partial charge in [-0.3, -0.25) is 4.79 Å². The summed E-state index contributed by atoms with van der Waals surface area (Å²) < 4.78 is 11.5. The minimum Gasteiger partial charge on any atom is -0.356 e. The lowest BCUT2D eigenvalue weighted by Gasteiger charge is -2.31. The molecule has 0 aromatic heterocycles. The van der Waals surface area contributed by atoms with Gasteiger partial charge in [-0.15, -0.1) is 0 Å². The molecule has 0 radical (unpaired) electrons. The zero-order valence-corrected chi connectivity index (χ0v) is 13.4. The van der Waals surface area contributed by atoms with Crippen LogP contribution >= 0.6 is 12.6 Å². The minimum absolute atomic E-state index is 0.164. The molecule has 4 nitrogen and oxygen atoms in total. The molecule has 5 heteroatoms. The Morgan fingerprint density at radius 2 is 1.89 bits per heavy atom. The Labute approximate surface area is 123 Å². The van der Waals surface area contributed by atoms with Gasteiger partial charge in [0.05, 0.1) is 13.2 Å². The summed E-state index contributed by atoms with van der Waals surface area (Å²) >= 11 is 3.53. The van der Waals surface area contributed by atoms with Gasteiger partial charge >= 0.3 is 0 Å². The molecular weight excluding hydrogens is 262 g/mol. The van der Waals surface area contributed by atoms with Gasteiger partial charge in [0, 0.05) is 18.9 Å². The summed E-state index contributed by atoms with van der Waals surface area (Å²) in [4.78, 5) is 10.6. The third-order valence-corrected chi connectivity index (χ3v) is 3.21. The maximum Gasteiger partial charge on any atom is 0.207 e. The van der Waals surface area contributed by atoms with E-state index in [-0.39, 0.29) is 6.04 Å². The van der Waals surface area contributed by atoms with E-state index in [2.05, 4.69) is 31.8 Å². The number of ether oxygens (including phenoxy) is 2. The van der Waals surface area contributed by atoms with Gasteiger partial charge in [0.1, 0.15) is 0 Å². The van der Waals surface area contributed by atoms with Crippen LogP contribution in [0.1, 0.15) is 52.4 Å². The number of hydrogen-bond donors (Lipinski definition) is 2. The summed E-state index contributed by atoms with van der Waals surface area (Å²) in [5.41, 5.74) is 0. The molecule has 1 amide bonds. The number of carbonyl (C=O) groups excluding carboxylic acids is 1. The number of thiol groups is 1. The molecule has 1 heterocycles. The number of amides is 1. The molecule has 0 bridgehead atoms. The average Bonchev–Trinajstić information content (AvgIpc) is 2.87. The molecule has 0 spiro atoms. The highest BCUT2D eigenvalue weighted by Crippen LogP contribution is 2.30. The van der Waals surface area contributed by atoms with Crippen LogP contribution < -0.4 is 5.32 Å². The third kappa shape index (κ3) is 7.18. The van der Waals surface area contributed by atoms with E-state index in [0.29, 0.717) is 13.2 Å². The Bertz CT molecular complexity index is 221. The smallest absolute Gasteiger partial charge is 0.207 e. The van der Waals surface area contributed by atoms with Crippen LogP contribution in [0.15, 0.2) is 0 Å². The van der Waals surface area contributed by atoms with E-state index in [1.807, 2.05) is 0 Å². The first-order valence-corrected chi connectivity index (χ1v) is 8.08. The maximum atomic E-state index is 10.6. The van der Waals surface area contributed by atoms with Crippen molar-refractivity contribution in [3.8, 4) is 0 Å². The summed E-state index contributed by atoms with van der Waals surface area (Å²) in [7, 11) is 0. The fourth-order valence-corrected chi connectivity index (χ4v) is 2.41. The highest BCUT2D eigenvalue weighted by Gasteiger charge is 2.37. The fraction of sp³-hybridized carbons (Fsp3) is 0.929. The lowest BCUT2D eigenvalue weighted by atomic mass is 9.97. The number of unbranched alkanes of at least 4 members (excludes halogenated alkanes) is 1. The van der Waals surface area contributed by atoms with E-state index in [9.17, 15) is 4.79 Å². The van der Waals surface area contributed by atoms with E-state index in [1.54, 1.807) is 6.26 Å². The molecule has 1 aliphatic rings. The lowest BCUT2D eigenvalue weighted by molar-refractivity contribution is -0.171. The fourth-order valence-electron chi connectivity index (χ4n) is 2.41. The van der Waals surface area contributed by atoms with E-state index >= 15 is 0 Å². The topological polar surface area (TPSA) is 47.6 Å². The second kappa shape index (κ2) is 11.6. The Hall–Kier alpha value is -0.260. The van der Waals surface area contributed by atoms with Crippen LogP contribution in [0.2, 0.25) is 0 Å². The molecule has 114 valence electrons. The van der Waals surface area contributed by atoms with Crippen LogP contribution in [-0.2, 0) is 14.3 Å². The van der Waals surface area contributed by atoms with Crippen LogP contribution in [0.4, 0.5) is 0 Å². The molecule has 1 N–H and O–H groups in total. The van der Waals surface area contributed by atoms with Gasteiger partial charge in [0.25, 0.3) is 0 Å². The van der Waals surface area contributed by atoms with E-state index in [1.165, 1.54) is 0 Å². The predicted octanol–water partition coefficient (Wildman–Crippen LogP) is 2.77. The van der Waals surface area contributed by atoms with Gasteiger partial charge in [0.15, 0.2) is 5.79 Å². The van der Waals surface area contributed by atoms with Crippen molar-refractivity contribution >= 4 is 19.0 Å². The zero-order valence-electron chi connectivity index (χ0n) is 12.5. The summed E-state index contributed by atoms with van der Waals surface area (Å²) in [6.45, 7) is 5.62. The highest BCUT2D eigenvalue weighted by atomic mass is 32.1. The van der Waals surface area contributed by atoms with Crippen LogP contribution in [0.3, 0.4) is 0 Å². The van der Waals surface area contributed by atoms with Crippen LogP contribution in [0, 0.1) is 0 Å². The summed E-state index contributed by atoms with van der Waals surface area (Å²) in [6, 6.07) is 0.164. The van der Waals surface area contributed by atoms with Crippen molar-refractivity contribution in [3.63, 3.8) is 0 Å². The first-order valence-electron chi connectivity index (χ1n) is 7.18. The second-order valence-electron chi connectivity index (χ2n) is 4.69. The molecule has 0 aromatic rings. The molecule has 1 saturated heterocycles. The molecule has 1 aliphatic heterocycles. The predicted molar refractivity (Wildman–Crippen MR) is 81.6 cm³/mol. The summed E-state index contributed by atoms with van der Waals surface area (Å²) in [5.74, 6) is -0.455. The first kappa shape index (κ1) is 18.7. The number of rotatable bonds is 9. The van der Waals surface area contributed by atoms with Gasteiger partial charge in [-0.2, -0.15) is 12.6 Å². The molecule has 0 aliphatic carbocycles. The zero-order chi connectivity index (χ0) is 14.6. The third-order valence-electron chi connectivity index (χ3n) is 3.21. The molecular formula is C14H29NO3S. The molecule has 0 saturated carbocycles. The van der Waals surface area contributed by atoms with E-state index < -0.39 is 5.79 Å². The standard InChI is InChI=1S/C13H25NO3.CH4S/c1-3-5-6-12(14-11-15)10-13(7-4-2)16-8-9-17-13;1-2/h11-12H,3-10H2,1-2H3,(H,14,15);2H,1H3. The molecule has 1 atom stereocenters. The number of nitrogens with one attached hydrogen (secondary N) is 1. The van der Waals surface area contributed by atoms with Crippen LogP contribution in [0.25, 0.3) is 0 Å². The quantitative estimate of drug-likeness (QED) is 0.507. The van der Waals surface area contributed by atoms with Gasteiger partial charge in [-0.05, 0) is 12.7 Å². The number of carbonyl (C=O) groups is 1. The van der Waals surface area contributed by atoms with Crippen molar-refractivity contribution < 1.29 is 14.3 Å². The minimum atomic E-state index is -0.455. The highest BCUT2D eigenvalue weighted by molar-refractivity contribution is 7.79. The summed E-state index contributed by atoms with van der Waals surface area (Å²) in [5, 5.41) is 2.89. The molecule has 1 fully saturated rings.